The zero-order valence-corrected chi connectivity index (χ0v) is 16.6. The van der Waals surface area contributed by atoms with Crippen molar-refractivity contribution in [1.29, 1.82) is 0 Å². The van der Waals surface area contributed by atoms with Crippen LogP contribution in [0.4, 0.5) is 0 Å². The Morgan fingerprint density at radius 2 is 1.89 bits per heavy atom. The van der Waals surface area contributed by atoms with Gasteiger partial charge in [-0.1, -0.05) is 24.3 Å². The largest absolute Gasteiger partial charge is 0.368 e. The van der Waals surface area contributed by atoms with E-state index < -0.39 is 0 Å². The molecule has 152 valence electrons. The first-order valence-electron chi connectivity index (χ1n) is 10.7. The molecule has 0 saturated carbocycles. The van der Waals surface area contributed by atoms with Crippen molar-refractivity contribution in [3.05, 3.63) is 35.4 Å². The van der Waals surface area contributed by atoms with Crippen molar-refractivity contribution in [3.63, 3.8) is 0 Å². The summed E-state index contributed by atoms with van der Waals surface area (Å²) in [4.78, 5) is 29.1. The molecule has 6 heteroatoms. The number of fused-ring (bicyclic) bond motifs is 1. The number of nitrogens with one attached hydrogen (secondary N) is 1. The molecule has 3 aliphatic rings. The number of carbonyl (C=O) groups is 2. The maximum absolute atomic E-state index is 12.5. The molecule has 2 amide bonds. The van der Waals surface area contributed by atoms with E-state index in [4.69, 9.17) is 4.74 Å². The van der Waals surface area contributed by atoms with Gasteiger partial charge in [-0.25, -0.2) is 0 Å². The van der Waals surface area contributed by atoms with E-state index >= 15 is 0 Å². The molecule has 2 unspecified atom stereocenters. The van der Waals surface area contributed by atoms with Crippen molar-refractivity contribution >= 4 is 11.8 Å². The summed E-state index contributed by atoms with van der Waals surface area (Å²) < 4.78 is 5.51. The molecule has 0 aromatic heterocycles. The van der Waals surface area contributed by atoms with Crippen molar-refractivity contribution in [1.82, 2.24) is 15.1 Å². The molecule has 2 atom stereocenters. The van der Waals surface area contributed by atoms with E-state index in [0.717, 1.165) is 64.8 Å². The third-order valence-corrected chi connectivity index (χ3v) is 6.25. The van der Waals surface area contributed by atoms with Gasteiger partial charge in [0.25, 0.3) is 5.91 Å². The lowest BCUT2D eigenvalue weighted by atomic mass is 9.87. The number of rotatable bonds is 5. The summed E-state index contributed by atoms with van der Waals surface area (Å²) in [6.07, 6.45) is 5.38. The van der Waals surface area contributed by atoms with Crippen LogP contribution in [0.3, 0.4) is 0 Å². The second-order valence-electron chi connectivity index (χ2n) is 8.13. The Morgan fingerprint density at radius 3 is 2.68 bits per heavy atom. The topological polar surface area (TPSA) is 61.9 Å². The van der Waals surface area contributed by atoms with Gasteiger partial charge in [-0.2, -0.15) is 0 Å². The number of benzene rings is 1. The molecule has 1 aromatic rings. The van der Waals surface area contributed by atoms with Crippen molar-refractivity contribution in [2.45, 2.75) is 50.7 Å². The molecular formula is C22H31N3O3. The second-order valence-corrected chi connectivity index (χ2v) is 8.13. The molecule has 0 radical (unpaired) electrons. The van der Waals surface area contributed by atoms with Crippen LogP contribution in [0.15, 0.2) is 24.3 Å². The highest BCUT2D eigenvalue weighted by Crippen LogP contribution is 2.29. The lowest BCUT2D eigenvalue weighted by Gasteiger charge is -2.35. The Hall–Kier alpha value is -1.92. The molecule has 2 heterocycles. The number of amides is 2. The molecular weight excluding hydrogens is 354 g/mol. The smallest absolute Gasteiger partial charge is 0.251 e. The molecule has 1 N–H and O–H groups in total. The maximum atomic E-state index is 12.5. The molecule has 0 spiro atoms. The summed E-state index contributed by atoms with van der Waals surface area (Å²) in [5.74, 6) is 0.269. The van der Waals surface area contributed by atoms with Crippen LogP contribution < -0.4 is 5.32 Å². The Kier molecular flexibility index (Phi) is 6.27. The number of carbonyl (C=O) groups excluding carboxylic acids is 2. The summed E-state index contributed by atoms with van der Waals surface area (Å²) in [6, 6.07) is 8.60. The maximum Gasteiger partial charge on any atom is 0.251 e. The van der Waals surface area contributed by atoms with E-state index in [1.54, 1.807) is 0 Å². The van der Waals surface area contributed by atoms with E-state index in [-0.39, 0.29) is 24.0 Å². The van der Waals surface area contributed by atoms with Gasteiger partial charge in [0.2, 0.25) is 5.91 Å². The minimum Gasteiger partial charge on any atom is -0.368 e. The SMILES string of the molecule is O=C(CCN1CCN(C(=O)C2CCCO2)CC1)NC1CCCc2ccccc21. The first kappa shape index (κ1) is 19.4. The quantitative estimate of drug-likeness (QED) is 0.841. The molecule has 1 aliphatic carbocycles. The van der Waals surface area contributed by atoms with Gasteiger partial charge in [0.15, 0.2) is 0 Å². The summed E-state index contributed by atoms with van der Waals surface area (Å²) in [6.45, 7) is 4.59. The molecule has 6 nitrogen and oxygen atoms in total. The highest BCUT2D eigenvalue weighted by molar-refractivity contribution is 5.81. The van der Waals surface area contributed by atoms with E-state index in [1.807, 2.05) is 4.90 Å². The minimum atomic E-state index is -0.226. The third-order valence-electron chi connectivity index (χ3n) is 6.25. The fourth-order valence-corrected chi connectivity index (χ4v) is 4.60. The van der Waals surface area contributed by atoms with Gasteiger partial charge in [0.05, 0.1) is 6.04 Å². The number of hydrogen-bond acceptors (Lipinski definition) is 4. The Labute approximate surface area is 167 Å². The summed E-state index contributed by atoms with van der Waals surface area (Å²) in [5, 5.41) is 3.23. The van der Waals surface area contributed by atoms with Gasteiger partial charge in [-0.3, -0.25) is 14.5 Å². The van der Waals surface area contributed by atoms with Crippen LogP contribution >= 0.6 is 0 Å². The van der Waals surface area contributed by atoms with Crippen molar-refractivity contribution in [2.24, 2.45) is 0 Å². The van der Waals surface area contributed by atoms with Gasteiger partial charge < -0.3 is 15.0 Å². The second kappa shape index (κ2) is 9.05. The van der Waals surface area contributed by atoms with Crippen molar-refractivity contribution in [3.8, 4) is 0 Å². The van der Waals surface area contributed by atoms with Crippen LogP contribution in [0, 0.1) is 0 Å². The minimum absolute atomic E-state index is 0.125. The first-order chi connectivity index (χ1) is 13.7. The van der Waals surface area contributed by atoms with Crippen molar-refractivity contribution in [2.75, 3.05) is 39.3 Å². The van der Waals surface area contributed by atoms with Gasteiger partial charge in [0, 0.05) is 45.8 Å². The summed E-state index contributed by atoms with van der Waals surface area (Å²) in [5.41, 5.74) is 2.65. The predicted octanol–water partition coefficient (Wildman–Crippen LogP) is 1.89. The highest BCUT2D eigenvalue weighted by Gasteiger charge is 2.30. The monoisotopic (exact) mass is 385 g/mol. The van der Waals surface area contributed by atoms with Gasteiger partial charge in [0.1, 0.15) is 6.10 Å². The van der Waals surface area contributed by atoms with Gasteiger partial charge in [-0.05, 0) is 43.2 Å². The standard InChI is InChI=1S/C22H31N3O3/c26-21(23-19-8-3-6-17-5-1-2-7-18(17)19)10-11-24-12-14-25(15-13-24)22(27)20-9-4-16-28-20/h1-2,5,7,19-20H,3-4,6,8-16H2,(H,23,26). The molecule has 0 bridgehead atoms. The van der Waals surface area contributed by atoms with Crippen LogP contribution in [0.2, 0.25) is 0 Å². The number of nitrogens with zero attached hydrogens (tertiary/aromatic N) is 2. The Balaban J connectivity index is 1.19. The zero-order valence-electron chi connectivity index (χ0n) is 16.6. The van der Waals surface area contributed by atoms with Gasteiger partial charge >= 0.3 is 0 Å². The summed E-state index contributed by atoms with van der Waals surface area (Å²) in [7, 11) is 0. The molecule has 2 saturated heterocycles. The number of hydrogen-bond donors (Lipinski definition) is 1. The first-order valence-corrected chi connectivity index (χ1v) is 10.7. The number of piperazine rings is 1. The number of ether oxygens (including phenoxy) is 1. The third kappa shape index (κ3) is 4.55. The average Bonchev–Trinajstić information content (AvgIpc) is 3.27. The van der Waals surface area contributed by atoms with Crippen LogP contribution in [0.25, 0.3) is 0 Å². The fraction of sp³-hybridized carbons (Fsp3) is 0.636. The number of aryl methyl sites for hydroxylation is 1. The van der Waals surface area contributed by atoms with E-state index in [9.17, 15) is 9.59 Å². The van der Waals surface area contributed by atoms with Crippen LogP contribution in [0.1, 0.15) is 49.3 Å². The molecule has 28 heavy (non-hydrogen) atoms. The predicted molar refractivity (Wildman–Crippen MR) is 107 cm³/mol. The molecule has 4 rings (SSSR count). The molecule has 1 aromatic carbocycles. The normalized spacial score (nSPS) is 25.4. The van der Waals surface area contributed by atoms with Gasteiger partial charge in [-0.15, -0.1) is 0 Å². The van der Waals surface area contributed by atoms with Crippen LogP contribution in [0.5, 0.6) is 0 Å². The van der Waals surface area contributed by atoms with E-state index in [2.05, 4.69) is 34.5 Å². The molecule has 2 aliphatic heterocycles. The zero-order chi connectivity index (χ0) is 19.3. The summed E-state index contributed by atoms with van der Waals surface area (Å²) >= 11 is 0. The molecule has 2 fully saturated rings. The Morgan fingerprint density at radius 1 is 1.07 bits per heavy atom. The van der Waals surface area contributed by atoms with E-state index in [1.165, 1.54) is 11.1 Å². The van der Waals surface area contributed by atoms with Crippen LogP contribution in [-0.2, 0) is 20.7 Å². The van der Waals surface area contributed by atoms with Crippen molar-refractivity contribution < 1.29 is 14.3 Å². The van der Waals surface area contributed by atoms with E-state index in [0.29, 0.717) is 13.0 Å². The lowest BCUT2D eigenvalue weighted by Crippen LogP contribution is -2.51. The fourth-order valence-electron chi connectivity index (χ4n) is 4.60. The Bertz CT molecular complexity index is 694. The lowest BCUT2D eigenvalue weighted by molar-refractivity contribution is -0.142. The highest BCUT2D eigenvalue weighted by atomic mass is 16.5. The average molecular weight is 386 g/mol. The van der Waals surface area contributed by atoms with Crippen LogP contribution in [-0.4, -0.2) is 67.0 Å².